The summed E-state index contributed by atoms with van der Waals surface area (Å²) in [5.41, 5.74) is 3.25. The van der Waals surface area contributed by atoms with Gasteiger partial charge in [-0.05, 0) is 50.1 Å². The van der Waals surface area contributed by atoms with Crippen LogP contribution in [0.2, 0.25) is 5.02 Å². The Labute approximate surface area is 117 Å². The third-order valence-electron chi connectivity index (χ3n) is 3.13. The molecule has 0 radical (unpaired) electrons. The second kappa shape index (κ2) is 5.14. The van der Waals surface area contributed by atoms with Crippen molar-refractivity contribution in [3.8, 4) is 0 Å². The fourth-order valence-corrected chi connectivity index (χ4v) is 2.19. The molecule has 98 valence electrons. The lowest BCUT2D eigenvalue weighted by atomic mass is 9.96. The molecule has 0 fully saturated rings. The lowest BCUT2D eigenvalue weighted by Crippen LogP contribution is -2.06. The number of hydrogen-bond donors (Lipinski definition) is 0. The van der Waals surface area contributed by atoms with Crippen LogP contribution in [0.1, 0.15) is 32.6 Å². The first-order chi connectivity index (χ1) is 8.90. The summed E-state index contributed by atoms with van der Waals surface area (Å²) in [6, 6.07) is 8.36. The van der Waals surface area contributed by atoms with Gasteiger partial charge in [0, 0.05) is 11.1 Å². The summed E-state index contributed by atoms with van der Waals surface area (Å²) in [7, 11) is 0. The molecule has 0 spiro atoms. The summed E-state index contributed by atoms with van der Waals surface area (Å²) >= 11 is 5.98. The first-order valence-electron chi connectivity index (χ1n) is 5.97. The molecule has 0 unspecified atom stereocenters. The second-order valence-corrected chi connectivity index (χ2v) is 5.14. The highest BCUT2D eigenvalue weighted by Gasteiger charge is 2.17. The fraction of sp³-hybridized carbons (Fsp3) is 0.188. The zero-order chi connectivity index (χ0) is 14.2. The number of aryl methyl sites for hydroxylation is 3. The lowest BCUT2D eigenvalue weighted by Gasteiger charge is -2.09. The van der Waals surface area contributed by atoms with Crippen LogP contribution in [0.5, 0.6) is 0 Å². The molecule has 0 saturated heterocycles. The minimum absolute atomic E-state index is 0.147. The molecular formula is C16H14ClFO. The predicted octanol–water partition coefficient (Wildman–Crippen LogP) is 4.64. The molecule has 0 aliphatic heterocycles. The molecule has 0 N–H and O–H groups in total. The predicted molar refractivity (Wildman–Crippen MR) is 75.5 cm³/mol. The first kappa shape index (κ1) is 13.8. The fourth-order valence-electron chi connectivity index (χ4n) is 1.96. The van der Waals surface area contributed by atoms with Crippen LogP contribution in [0, 0.1) is 26.6 Å². The SMILES string of the molecule is Cc1ccc(C)c(C(=O)c2cc(C)c(F)cc2Cl)c1. The monoisotopic (exact) mass is 276 g/mol. The normalized spacial score (nSPS) is 10.6. The molecule has 0 aliphatic carbocycles. The van der Waals surface area contributed by atoms with E-state index in [1.165, 1.54) is 12.1 Å². The van der Waals surface area contributed by atoms with Gasteiger partial charge < -0.3 is 0 Å². The van der Waals surface area contributed by atoms with Gasteiger partial charge in [-0.3, -0.25) is 4.79 Å². The van der Waals surface area contributed by atoms with Gasteiger partial charge in [0.1, 0.15) is 5.82 Å². The van der Waals surface area contributed by atoms with Gasteiger partial charge in [-0.1, -0.05) is 29.3 Å². The number of carbonyl (C=O) groups excluding carboxylic acids is 1. The zero-order valence-electron chi connectivity index (χ0n) is 11.1. The number of carbonyl (C=O) groups is 1. The third-order valence-corrected chi connectivity index (χ3v) is 3.44. The van der Waals surface area contributed by atoms with E-state index >= 15 is 0 Å². The average Bonchev–Trinajstić information content (AvgIpc) is 2.36. The number of halogens is 2. The molecule has 2 rings (SSSR count). The standard InChI is InChI=1S/C16H14ClFO/c1-9-4-5-10(2)12(6-9)16(19)13-7-11(3)15(18)8-14(13)17/h4-8H,1-3H3. The maximum Gasteiger partial charge on any atom is 0.194 e. The van der Waals surface area contributed by atoms with E-state index in [-0.39, 0.29) is 10.8 Å². The van der Waals surface area contributed by atoms with Crippen molar-refractivity contribution in [2.45, 2.75) is 20.8 Å². The second-order valence-electron chi connectivity index (χ2n) is 4.73. The van der Waals surface area contributed by atoms with Gasteiger partial charge in [0.2, 0.25) is 0 Å². The Kier molecular flexibility index (Phi) is 3.72. The summed E-state index contributed by atoms with van der Waals surface area (Å²) in [6.45, 7) is 5.41. The first-order valence-corrected chi connectivity index (χ1v) is 6.35. The largest absolute Gasteiger partial charge is 0.289 e. The number of rotatable bonds is 2. The van der Waals surface area contributed by atoms with E-state index in [4.69, 9.17) is 11.6 Å². The van der Waals surface area contributed by atoms with Gasteiger partial charge in [-0.15, -0.1) is 0 Å². The van der Waals surface area contributed by atoms with Gasteiger partial charge in [0.25, 0.3) is 0 Å². The quantitative estimate of drug-likeness (QED) is 0.731. The van der Waals surface area contributed by atoms with E-state index in [1.807, 2.05) is 32.0 Å². The van der Waals surface area contributed by atoms with E-state index < -0.39 is 5.82 Å². The minimum atomic E-state index is -0.400. The Morgan fingerprint density at radius 3 is 2.37 bits per heavy atom. The molecule has 0 saturated carbocycles. The molecule has 0 aliphatic rings. The van der Waals surface area contributed by atoms with Gasteiger partial charge in [-0.2, -0.15) is 0 Å². The summed E-state index contributed by atoms with van der Waals surface area (Å²) < 4.78 is 13.4. The average molecular weight is 277 g/mol. The van der Waals surface area contributed by atoms with Gasteiger partial charge in [-0.25, -0.2) is 4.39 Å². The summed E-state index contributed by atoms with van der Waals surface area (Å²) in [6.07, 6.45) is 0. The number of benzene rings is 2. The van der Waals surface area contributed by atoms with E-state index in [1.54, 1.807) is 6.92 Å². The van der Waals surface area contributed by atoms with Crippen LogP contribution < -0.4 is 0 Å². The van der Waals surface area contributed by atoms with E-state index in [9.17, 15) is 9.18 Å². The maximum atomic E-state index is 13.4. The molecule has 0 atom stereocenters. The topological polar surface area (TPSA) is 17.1 Å². The Hall–Kier alpha value is -1.67. The third kappa shape index (κ3) is 2.69. The molecule has 1 nitrogen and oxygen atoms in total. The summed E-state index contributed by atoms with van der Waals surface area (Å²) in [5, 5.41) is 0.147. The Morgan fingerprint density at radius 2 is 1.68 bits per heavy atom. The van der Waals surface area contributed by atoms with Gasteiger partial charge in [0.15, 0.2) is 5.78 Å². The molecule has 2 aromatic carbocycles. The highest BCUT2D eigenvalue weighted by Crippen LogP contribution is 2.24. The highest BCUT2D eigenvalue weighted by molar-refractivity contribution is 6.35. The Balaban J connectivity index is 2.56. The number of hydrogen-bond acceptors (Lipinski definition) is 1. The van der Waals surface area contributed by atoms with Crippen molar-refractivity contribution in [2.75, 3.05) is 0 Å². The molecule has 0 bridgehead atoms. The van der Waals surface area contributed by atoms with Crippen LogP contribution in [-0.2, 0) is 0 Å². The highest BCUT2D eigenvalue weighted by atomic mass is 35.5. The van der Waals surface area contributed by atoms with Crippen molar-refractivity contribution in [1.82, 2.24) is 0 Å². The lowest BCUT2D eigenvalue weighted by molar-refractivity contribution is 0.103. The van der Waals surface area contributed by atoms with Crippen LogP contribution in [0.4, 0.5) is 4.39 Å². The molecule has 0 aromatic heterocycles. The summed E-state index contributed by atoms with van der Waals surface area (Å²) in [5.74, 6) is -0.572. The van der Waals surface area contributed by atoms with E-state index in [0.717, 1.165) is 11.1 Å². The molecule has 0 heterocycles. The van der Waals surface area contributed by atoms with Crippen LogP contribution in [0.3, 0.4) is 0 Å². The molecule has 19 heavy (non-hydrogen) atoms. The smallest absolute Gasteiger partial charge is 0.194 e. The van der Waals surface area contributed by atoms with Crippen molar-refractivity contribution < 1.29 is 9.18 Å². The van der Waals surface area contributed by atoms with Crippen molar-refractivity contribution in [1.29, 1.82) is 0 Å². The van der Waals surface area contributed by atoms with Crippen molar-refractivity contribution in [2.24, 2.45) is 0 Å². The van der Waals surface area contributed by atoms with Gasteiger partial charge >= 0.3 is 0 Å². The molecule has 2 aromatic rings. The molecule has 3 heteroatoms. The van der Waals surface area contributed by atoms with E-state index in [2.05, 4.69) is 0 Å². The van der Waals surface area contributed by atoms with Crippen molar-refractivity contribution in [3.63, 3.8) is 0 Å². The van der Waals surface area contributed by atoms with Crippen LogP contribution >= 0.6 is 11.6 Å². The minimum Gasteiger partial charge on any atom is -0.289 e. The van der Waals surface area contributed by atoms with Crippen molar-refractivity contribution >= 4 is 17.4 Å². The molecular weight excluding hydrogens is 263 g/mol. The Morgan fingerprint density at radius 1 is 1.00 bits per heavy atom. The van der Waals surface area contributed by atoms with Crippen LogP contribution in [0.25, 0.3) is 0 Å². The van der Waals surface area contributed by atoms with Crippen LogP contribution in [0.15, 0.2) is 30.3 Å². The Bertz CT molecular complexity index is 662. The molecule has 0 amide bonds. The van der Waals surface area contributed by atoms with E-state index in [0.29, 0.717) is 16.7 Å². The van der Waals surface area contributed by atoms with Crippen LogP contribution in [-0.4, -0.2) is 5.78 Å². The van der Waals surface area contributed by atoms with Crippen molar-refractivity contribution in [3.05, 3.63) is 69.0 Å². The van der Waals surface area contributed by atoms with Gasteiger partial charge in [0.05, 0.1) is 5.02 Å². The maximum absolute atomic E-state index is 13.4. The number of ketones is 1. The zero-order valence-corrected chi connectivity index (χ0v) is 11.8. The summed E-state index contributed by atoms with van der Waals surface area (Å²) in [4.78, 5) is 12.5.